The van der Waals surface area contributed by atoms with Crippen LogP contribution in [0, 0.1) is 0 Å². The number of anilines is 2. The molecule has 1 N–H and O–H groups in total. The highest BCUT2D eigenvalue weighted by atomic mass is 79.9. The van der Waals surface area contributed by atoms with Crippen LogP contribution in [0.25, 0.3) is 0 Å². The molecule has 4 rings (SSSR count). The molecule has 0 saturated carbocycles. The van der Waals surface area contributed by atoms with E-state index in [2.05, 4.69) is 31.4 Å². The Hall–Kier alpha value is -3.00. The highest BCUT2D eigenvalue weighted by molar-refractivity contribution is 9.10. The van der Waals surface area contributed by atoms with Gasteiger partial charge >= 0.3 is 6.01 Å². The molecule has 1 saturated heterocycles. The molecular weight excluding hydrogens is 412 g/mol. The van der Waals surface area contributed by atoms with Gasteiger partial charge in [-0.3, -0.25) is 14.9 Å². The van der Waals surface area contributed by atoms with Crippen molar-refractivity contribution in [3.63, 3.8) is 0 Å². The third-order valence-corrected chi connectivity index (χ3v) is 4.84. The predicted octanol–water partition coefficient (Wildman–Crippen LogP) is 3.60. The second-order valence-corrected chi connectivity index (χ2v) is 7.06. The van der Waals surface area contributed by atoms with Crippen LogP contribution in [0.5, 0.6) is 0 Å². The first-order valence-corrected chi connectivity index (χ1v) is 9.15. The number of benzene rings is 2. The summed E-state index contributed by atoms with van der Waals surface area (Å²) in [5.41, 5.74) is 1.32. The fourth-order valence-electron chi connectivity index (χ4n) is 2.95. The number of hydrogen-bond acceptors (Lipinski definition) is 5. The number of nitrogens with one attached hydrogen (secondary N) is 1. The van der Waals surface area contributed by atoms with Gasteiger partial charge in [0.15, 0.2) is 0 Å². The van der Waals surface area contributed by atoms with Crippen LogP contribution in [0.2, 0.25) is 0 Å². The van der Waals surface area contributed by atoms with E-state index in [0.29, 0.717) is 18.0 Å². The Bertz CT molecular complexity index is 972. The van der Waals surface area contributed by atoms with Gasteiger partial charge < -0.3 is 9.32 Å². The molecule has 2 amide bonds. The fraction of sp³-hybridized carbons (Fsp3) is 0.158. The molecule has 2 heterocycles. The third kappa shape index (κ3) is 3.75. The summed E-state index contributed by atoms with van der Waals surface area (Å²) in [6.07, 6.45) is 0.289. The molecule has 1 aromatic heterocycles. The maximum Gasteiger partial charge on any atom is 0.322 e. The Morgan fingerprint density at radius 1 is 1.11 bits per heavy atom. The minimum atomic E-state index is -0.342. The normalized spacial score (nSPS) is 16.6. The van der Waals surface area contributed by atoms with Crippen molar-refractivity contribution < 1.29 is 14.0 Å². The molecule has 1 aliphatic heterocycles. The zero-order chi connectivity index (χ0) is 18.8. The molecule has 0 radical (unpaired) electrons. The van der Waals surface area contributed by atoms with Crippen molar-refractivity contribution in [2.75, 3.05) is 16.8 Å². The third-order valence-electron chi connectivity index (χ3n) is 4.31. The molecule has 27 heavy (non-hydrogen) atoms. The van der Waals surface area contributed by atoms with Crippen LogP contribution in [0.15, 0.2) is 63.5 Å². The topological polar surface area (TPSA) is 88.3 Å². The minimum absolute atomic E-state index is 0.00449. The van der Waals surface area contributed by atoms with Gasteiger partial charge in [0.2, 0.25) is 11.8 Å². The number of hydrogen-bond donors (Lipinski definition) is 1. The van der Waals surface area contributed by atoms with Crippen LogP contribution in [0.4, 0.5) is 11.7 Å². The van der Waals surface area contributed by atoms with E-state index >= 15 is 0 Å². The van der Waals surface area contributed by atoms with E-state index in [1.807, 2.05) is 30.3 Å². The summed E-state index contributed by atoms with van der Waals surface area (Å²) >= 11 is 3.32. The van der Waals surface area contributed by atoms with Gasteiger partial charge in [-0.1, -0.05) is 39.2 Å². The van der Waals surface area contributed by atoms with Crippen molar-refractivity contribution in [1.29, 1.82) is 0 Å². The molecule has 8 heteroatoms. The van der Waals surface area contributed by atoms with E-state index in [1.165, 1.54) is 0 Å². The number of carbonyl (C=O) groups is 2. The Kier molecular flexibility index (Phi) is 4.72. The summed E-state index contributed by atoms with van der Waals surface area (Å²) in [6.45, 7) is 0.463. The fourth-order valence-corrected chi connectivity index (χ4v) is 3.22. The number of carbonyl (C=O) groups excluding carboxylic acids is 2. The average molecular weight is 427 g/mol. The Morgan fingerprint density at radius 2 is 1.85 bits per heavy atom. The first-order valence-electron chi connectivity index (χ1n) is 8.36. The number of amides is 2. The summed E-state index contributed by atoms with van der Waals surface area (Å²) in [6, 6.07) is 16.4. The lowest BCUT2D eigenvalue weighted by Gasteiger charge is -2.15. The molecule has 3 aromatic rings. The van der Waals surface area contributed by atoms with Gasteiger partial charge in [-0.2, -0.15) is 0 Å². The molecule has 1 aliphatic rings. The molecular formula is C19H15BrN4O3. The lowest BCUT2D eigenvalue weighted by Crippen LogP contribution is -2.24. The highest BCUT2D eigenvalue weighted by Gasteiger charge is 2.35. The number of rotatable bonds is 4. The lowest BCUT2D eigenvalue weighted by atomic mass is 10.1. The van der Waals surface area contributed by atoms with Crippen LogP contribution in [0.1, 0.15) is 28.6 Å². The predicted molar refractivity (Wildman–Crippen MR) is 103 cm³/mol. The summed E-state index contributed by atoms with van der Waals surface area (Å²) < 4.78 is 6.46. The van der Waals surface area contributed by atoms with E-state index in [-0.39, 0.29) is 30.2 Å². The number of halogens is 1. The molecule has 0 spiro atoms. The second-order valence-electron chi connectivity index (χ2n) is 6.15. The lowest BCUT2D eigenvalue weighted by molar-refractivity contribution is -0.117. The van der Waals surface area contributed by atoms with Crippen molar-refractivity contribution in [3.05, 3.63) is 70.5 Å². The average Bonchev–Trinajstić information content (AvgIpc) is 3.29. The van der Waals surface area contributed by atoms with Gasteiger partial charge in [-0.15, -0.1) is 5.10 Å². The van der Waals surface area contributed by atoms with E-state index < -0.39 is 0 Å². The monoisotopic (exact) mass is 426 g/mol. The smallest absolute Gasteiger partial charge is 0.322 e. The Balaban J connectivity index is 1.44. The highest BCUT2D eigenvalue weighted by Crippen LogP contribution is 2.31. The van der Waals surface area contributed by atoms with Crippen molar-refractivity contribution in [3.8, 4) is 0 Å². The van der Waals surface area contributed by atoms with Gasteiger partial charge in [0.1, 0.15) is 0 Å². The van der Waals surface area contributed by atoms with Gasteiger partial charge in [0, 0.05) is 28.7 Å². The Labute approximate surface area is 163 Å². The van der Waals surface area contributed by atoms with Crippen LogP contribution in [-0.2, 0) is 4.79 Å². The molecule has 1 atom stereocenters. The van der Waals surface area contributed by atoms with Gasteiger partial charge in [0.05, 0.1) is 5.92 Å². The van der Waals surface area contributed by atoms with E-state index in [0.717, 1.165) is 10.2 Å². The van der Waals surface area contributed by atoms with E-state index in [4.69, 9.17) is 4.42 Å². The van der Waals surface area contributed by atoms with E-state index in [1.54, 1.807) is 29.2 Å². The molecule has 2 aromatic carbocycles. The number of para-hydroxylation sites is 1. The van der Waals surface area contributed by atoms with Crippen LogP contribution in [-0.4, -0.2) is 28.6 Å². The van der Waals surface area contributed by atoms with Crippen LogP contribution >= 0.6 is 15.9 Å². The maximum absolute atomic E-state index is 12.3. The standard InChI is InChI=1S/C19H15BrN4O3/c20-14-8-6-12(7-9-14)17(26)21-19-23-22-18(27-19)13-10-16(25)24(11-13)15-4-2-1-3-5-15/h1-9,13H,10-11H2,(H,21,23,26). The SMILES string of the molecule is O=C(Nc1nnc(C2CC(=O)N(c3ccccc3)C2)o1)c1ccc(Br)cc1. The first-order chi connectivity index (χ1) is 13.1. The Morgan fingerprint density at radius 3 is 2.59 bits per heavy atom. The maximum atomic E-state index is 12.3. The second kappa shape index (κ2) is 7.32. The number of nitrogens with zero attached hydrogens (tertiary/aromatic N) is 3. The zero-order valence-electron chi connectivity index (χ0n) is 14.1. The summed E-state index contributed by atoms with van der Waals surface area (Å²) in [4.78, 5) is 26.2. The first kappa shape index (κ1) is 17.4. The number of aromatic nitrogens is 2. The van der Waals surface area contributed by atoms with Gasteiger partial charge in [-0.05, 0) is 36.4 Å². The van der Waals surface area contributed by atoms with Gasteiger partial charge in [-0.25, -0.2) is 0 Å². The molecule has 7 nitrogen and oxygen atoms in total. The molecule has 1 fully saturated rings. The van der Waals surface area contributed by atoms with Crippen molar-refractivity contribution in [2.24, 2.45) is 0 Å². The van der Waals surface area contributed by atoms with Gasteiger partial charge in [0.25, 0.3) is 5.91 Å². The molecule has 0 bridgehead atoms. The van der Waals surface area contributed by atoms with E-state index in [9.17, 15) is 9.59 Å². The molecule has 136 valence electrons. The summed E-state index contributed by atoms with van der Waals surface area (Å²) in [5.74, 6) is -0.201. The van der Waals surface area contributed by atoms with Crippen molar-refractivity contribution >= 4 is 39.4 Å². The van der Waals surface area contributed by atoms with Crippen molar-refractivity contribution in [2.45, 2.75) is 12.3 Å². The van der Waals surface area contributed by atoms with Crippen molar-refractivity contribution in [1.82, 2.24) is 10.2 Å². The summed E-state index contributed by atoms with van der Waals surface area (Å²) in [5, 5.41) is 10.5. The molecule has 0 aliphatic carbocycles. The summed E-state index contributed by atoms with van der Waals surface area (Å²) in [7, 11) is 0. The van der Waals surface area contributed by atoms with Crippen LogP contribution in [0.3, 0.4) is 0 Å². The quantitative estimate of drug-likeness (QED) is 0.688. The minimum Gasteiger partial charge on any atom is -0.407 e. The van der Waals surface area contributed by atoms with Crippen LogP contribution < -0.4 is 10.2 Å². The largest absolute Gasteiger partial charge is 0.407 e. The molecule has 1 unspecified atom stereocenters. The zero-order valence-corrected chi connectivity index (χ0v) is 15.7.